The fourth-order valence-electron chi connectivity index (χ4n) is 2.18. The van der Waals surface area contributed by atoms with E-state index in [4.69, 9.17) is 4.74 Å². The van der Waals surface area contributed by atoms with Crippen LogP contribution in [0, 0.1) is 13.8 Å². The van der Waals surface area contributed by atoms with Gasteiger partial charge in [-0.25, -0.2) is 13.1 Å². The third-order valence-electron chi connectivity index (χ3n) is 3.55. The third-order valence-corrected chi connectivity index (χ3v) is 4.90. The minimum Gasteiger partial charge on any atom is -0.497 e. The maximum Gasteiger partial charge on any atom is 0.264 e. The van der Waals surface area contributed by atoms with Crippen LogP contribution in [0.3, 0.4) is 0 Å². The van der Waals surface area contributed by atoms with E-state index in [-0.39, 0.29) is 4.90 Å². The fourth-order valence-corrected chi connectivity index (χ4v) is 3.16. The Balaban J connectivity index is 2.17. The average molecular weight is 349 g/mol. The van der Waals surface area contributed by atoms with Crippen molar-refractivity contribution in [2.45, 2.75) is 18.7 Å². The summed E-state index contributed by atoms with van der Waals surface area (Å²) in [7, 11) is -0.728. The van der Waals surface area contributed by atoms with Gasteiger partial charge in [-0.3, -0.25) is 9.48 Å². The molecule has 1 heterocycles. The van der Waals surface area contributed by atoms with E-state index in [2.05, 4.69) is 5.10 Å². The SMILES string of the molecule is COc1cccc(S(=O)(=O)NC(=O)/C=C/c2c(C)nn(C)c2C)c1. The van der Waals surface area contributed by atoms with Gasteiger partial charge in [-0.1, -0.05) is 6.07 Å². The number of nitrogens with one attached hydrogen (secondary N) is 1. The van der Waals surface area contributed by atoms with Crippen molar-refractivity contribution in [3.63, 3.8) is 0 Å². The topological polar surface area (TPSA) is 90.3 Å². The highest BCUT2D eigenvalue weighted by Crippen LogP contribution is 2.17. The molecule has 1 amide bonds. The van der Waals surface area contributed by atoms with Crippen molar-refractivity contribution in [1.82, 2.24) is 14.5 Å². The van der Waals surface area contributed by atoms with E-state index in [9.17, 15) is 13.2 Å². The van der Waals surface area contributed by atoms with Crippen LogP contribution in [-0.2, 0) is 21.9 Å². The number of amides is 1. The van der Waals surface area contributed by atoms with Gasteiger partial charge >= 0.3 is 0 Å². The Morgan fingerprint density at radius 1 is 1.33 bits per heavy atom. The van der Waals surface area contributed by atoms with Gasteiger partial charge in [0.1, 0.15) is 5.75 Å². The first kappa shape index (κ1) is 17.7. The number of sulfonamides is 1. The molecule has 0 saturated heterocycles. The van der Waals surface area contributed by atoms with Crippen molar-refractivity contribution in [1.29, 1.82) is 0 Å². The second kappa shape index (κ2) is 6.88. The summed E-state index contributed by atoms with van der Waals surface area (Å²) in [6.07, 6.45) is 2.73. The largest absolute Gasteiger partial charge is 0.497 e. The van der Waals surface area contributed by atoms with E-state index < -0.39 is 15.9 Å². The van der Waals surface area contributed by atoms with E-state index in [1.807, 2.05) is 18.6 Å². The zero-order chi connectivity index (χ0) is 17.9. The zero-order valence-corrected chi connectivity index (χ0v) is 14.7. The molecule has 7 nitrogen and oxygen atoms in total. The maximum atomic E-state index is 12.2. The highest BCUT2D eigenvalue weighted by atomic mass is 32.2. The summed E-state index contributed by atoms with van der Waals surface area (Å²) in [4.78, 5) is 11.9. The molecule has 1 aromatic carbocycles. The Bertz CT molecular complexity index is 898. The van der Waals surface area contributed by atoms with Crippen molar-refractivity contribution in [3.05, 3.63) is 47.3 Å². The minimum atomic E-state index is -3.96. The van der Waals surface area contributed by atoms with E-state index in [1.54, 1.807) is 23.9 Å². The summed E-state index contributed by atoms with van der Waals surface area (Å²) in [5.74, 6) is -0.344. The van der Waals surface area contributed by atoms with Gasteiger partial charge in [-0.2, -0.15) is 5.10 Å². The van der Waals surface area contributed by atoms with Crippen LogP contribution >= 0.6 is 0 Å². The molecule has 0 fully saturated rings. The molecule has 0 bridgehead atoms. The zero-order valence-electron chi connectivity index (χ0n) is 13.9. The molecular weight excluding hydrogens is 330 g/mol. The first-order valence-corrected chi connectivity index (χ1v) is 8.62. The van der Waals surface area contributed by atoms with Crippen molar-refractivity contribution in [3.8, 4) is 5.75 Å². The molecule has 0 aliphatic heterocycles. The standard InChI is InChI=1S/C16H19N3O4S/c1-11-15(12(2)19(3)17-11)8-9-16(20)18-24(21,22)14-7-5-6-13(10-14)23-4/h5-10H,1-4H3,(H,18,20)/b9-8+. The summed E-state index contributed by atoms with van der Waals surface area (Å²) < 4.78 is 33.1. The maximum absolute atomic E-state index is 12.2. The average Bonchev–Trinajstić information content (AvgIpc) is 2.77. The van der Waals surface area contributed by atoms with Crippen LogP contribution in [0.25, 0.3) is 6.08 Å². The molecule has 1 aromatic heterocycles. The highest BCUT2D eigenvalue weighted by molar-refractivity contribution is 7.90. The molecule has 128 valence electrons. The van der Waals surface area contributed by atoms with Gasteiger partial charge in [0, 0.05) is 30.4 Å². The molecule has 0 aliphatic carbocycles. The van der Waals surface area contributed by atoms with E-state index in [0.717, 1.165) is 17.0 Å². The lowest BCUT2D eigenvalue weighted by atomic mass is 10.2. The number of nitrogens with zero attached hydrogens (tertiary/aromatic N) is 2. The van der Waals surface area contributed by atoms with Gasteiger partial charge in [0.2, 0.25) is 0 Å². The molecule has 2 aromatic rings. The third kappa shape index (κ3) is 3.83. The Labute approximate surface area is 141 Å². The molecule has 0 radical (unpaired) electrons. The lowest BCUT2D eigenvalue weighted by molar-refractivity contribution is -0.114. The molecule has 0 saturated carbocycles. The molecule has 0 aliphatic rings. The number of aryl methyl sites for hydroxylation is 2. The summed E-state index contributed by atoms with van der Waals surface area (Å²) in [5, 5.41) is 4.23. The Kier molecular flexibility index (Phi) is 5.08. The summed E-state index contributed by atoms with van der Waals surface area (Å²) in [5.41, 5.74) is 2.42. The van der Waals surface area contributed by atoms with Crippen LogP contribution in [-0.4, -0.2) is 31.2 Å². The Morgan fingerprint density at radius 2 is 2.04 bits per heavy atom. The molecule has 0 unspecified atom stereocenters. The lowest BCUT2D eigenvalue weighted by Crippen LogP contribution is -2.28. The van der Waals surface area contributed by atoms with Crippen LogP contribution in [0.5, 0.6) is 5.75 Å². The number of carbonyl (C=O) groups excluding carboxylic acids is 1. The number of methoxy groups -OCH3 is 1. The Morgan fingerprint density at radius 3 is 2.62 bits per heavy atom. The molecule has 0 atom stereocenters. The number of aromatic nitrogens is 2. The van der Waals surface area contributed by atoms with Gasteiger partial charge in [0.05, 0.1) is 17.7 Å². The predicted octanol–water partition coefficient (Wildman–Crippen LogP) is 1.56. The number of benzene rings is 1. The molecule has 0 spiro atoms. The second-order valence-corrected chi connectivity index (χ2v) is 6.87. The Hall–Kier alpha value is -2.61. The smallest absolute Gasteiger partial charge is 0.264 e. The number of ether oxygens (including phenoxy) is 1. The number of carbonyl (C=O) groups is 1. The number of hydrogen-bond donors (Lipinski definition) is 1. The van der Waals surface area contributed by atoms with Crippen molar-refractivity contribution in [2.24, 2.45) is 7.05 Å². The number of rotatable bonds is 5. The van der Waals surface area contributed by atoms with Crippen LogP contribution in [0.2, 0.25) is 0 Å². The first-order valence-electron chi connectivity index (χ1n) is 7.13. The van der Waals surface area contributed by atoms with E-state index in [1.165, 1.54) is 31.4 Å². The van der Waals surface area contributed by atoms with Crippen molar-refractivity contribution >= 4 is 22.0 Å². The van der Waals surface area contributed by atoms with Crippen LogP contribution in [0.1, 0.15) is 17.0 Å². The lowest BCUT2D eigenvalue weighted by Gasteiger charge is -2.06. The fraction of sp³-hybridized carbons (Fsp3) is 0.250. The molecule has 2 rings (SSSR count). The normalized spacial score (nSPS) is 11.7. The molecule has 1 N–H and O–H groups in total. The molecular formula is C16H19N3O4S. The predicted molar refractivity (Wildman–Crippen MR) is 90.0 cm³/mol. The van der Waals surface area contributed by atoms with Crippen molar-refractivity contribution < 1.29 is 17.9 Å². The summed E-state index contributed by atoms with van der Waals surface area (Å²) in [6, 6.07) is 5.89. The minimum absolute atomic E-state index is 0.0441. The molecule has 24 heavy (non-hydrogen) atoms. The monoisotopic (exact) mass is 349 g/mol. The summed E-state index contributed by atoms with van der Waals surface area (Å²) >= 11 is 0. The van der Waals surface area contributed by atoms with Gasteiger partial charge in [-0.05, 0) is 32.1 Å². The van der Waals surface area contributed by atoms with Gasteiger partial charge in [0.15, 0.2) is 0 Å². The highest BCUT2D eigenvalue weighted by Gasteiger charge is 2.17. The van der Waals surface area contributed by atoms with Gasteiger partial charge in [-0.15, -0.1) is 0 Å². The number of hydrogen-bond acceptors (Lipinski definition) is 5. The van der Waals surface area contributed by atoms with Gasteiger partial charge in [0.25, 0.3) is 15.9 Å². The summed E-state index contributed by atoms with van der Waals surface area (Å²) in [6.45, 7) is 3.68. The van der Waals surface area contributed by atoms with E-state index >= 15 is 0 Å². The van der Waals surface area contributed by atoms with E-state index in [0.29, 0.717) is 5.75 Å². The quantitative estimate of drug-likeness (QED) is 0.828. The van der Waals surface area contributed by atoms with Gasteiger partial charge < -0.3 is 4.74 Å². The first-order chi connectivity index (χ1) is 11.2. The van der Waals surface area contributed by atoms with Crippen molar-refractivity contribution in [2.75, 3.05) is 7.11 Å². The van der Waals surface area contributed by atoms with Crippen LogP contribution in [0.15, 0.2) is 35.2 Å². The van der Waals surface area contributed by atoms with Crippen LogP contribution in [0.4, 0.5) is 0 Å². The van der Waals surface area contributed by atoms with Crippen LogP contribution < -0.4 is 9.46 Å². The molecule has 8 heteroatoms. The second-order valence-electron chi connectivity index (χ2n) is 5.19.